The molecule has 3 N–H and O–H groups in total. The van der Waals surface area contributed by atoms with E-state index in [1.807, 2.05) is 51.1 Å². The lowest BCUT2D eigenvalue weighted by Crippen LogP contribution is -3.19. The van der Waals surface area contributed by atoms with Crippen LogP contribution in [0.5, 0.6) is 5.75 Å². The maximum Gasteiger partial charge on any atom is 0.278 e. The number of quaternary nitrogens is 1. The molecule has 0 aliphatic carbocycles. The molecular weight excluding hydrogens is 392 g/mol. The van der Waals surface area contributed by atoms with Crippen LogP contribution in [-0.4, -0.2) is 57.7 Å². The summed E-state index contributed by atoms with van der Waals surface area (Å²) in [7, 11) is 1.66. The van der Waals surface area contributed by atoms with Crippen LogP contribution in [0.3, 0.4) is 0 Å². The number of nitrogens with zero attached hydrogens (tertiary/aromatic N) is 1. The van der Waals surface area contributed by atoms with Gasteiger partial charge in [-0.15, -0.1) is 0 Å². The van der Waals surface area contributed by atoms with Crippen LogP contribution in [0.4, 0.5) is 11.4 Å². The first-order chi connectivity index (χ1) is 14.9. The number of methoxy groups -OCH3 is 1. The lowest BCUT2D eigenvalue weighted by molar-refractivity contribution is -0.914. The summed E-state index contributed by atoms with van der Waals surface area (Å²) in [5, 5.41) is 5.70. The number of carbonyl (C=O) groups excluding carboxylic acids is 2. The van der Waals surface area contributed by atoms with Gasteiger partial charge in [0.25, 0.3) is 5.91 Å². The molecule has 7 nitrogen and oxygen atoms in total. The Bertz CT molecular complexity index is 885. The van der Waals surface area contributed by atoms with E-state index >= 15 is 0 Å². The highest BCUT2D eigenvalue weighted by Crippen LogP contribution is 2.20. The zero-order valence-electron chi connectivity index (χ0n) is 18.8. The first-order valence-electron chi connectivity index (χ1n) is 10.8. The molecule has 2 aromatic rings. The first-order valence-corrected chi connectivity index (χ1v) is 10.8. The van der Waals surface area contributed by atoms with Crippen LogP contribution < -0.4 is 25.2 Å². The summed E-state index contributed by atoms with van der Waals surface area (Å²) in [6, 6.07) is 13.7. The number of amides is 2. The van der Waals surface area contributed by atoms with Gasteiger partial charge in [0.15, 0.2) is 6.04 Å². The standard InChI is InChI=1S/C24H32N4O3/c1-17-6-5-7-18(2)23(17)26-22(29)16-25-24(30)19(3)27-12-14-28(15-13-27)20-8-10-21(31-4)11-9-20/h5-11,19H,12-16H2,1-4H3,(H,25,30)(H,26,29)/p+1/t19-/m1/s1. The Labute approximate surface area is 184 Å². The fraction of sp³-hybridized carbons (Fsp3) is 0.417. The van der Waals surface area contributed by atoms with E-state index in [1.54, 1.807) is 7.11 Å². The number of nitrogens with one attached hydrogen (secondary N) is 3. The topological polar surface area (TPSA) is 75.1 Å². The quantitative estimate of drug-likeness (QED) is 0.622. The van der Waals surface area contributed by atoms with Crippen LogP contribution in [0.1, 0.15) is 18.1 Å². The van der Waals surface area contributed by atoms with Gasteiger partial charge in [-0.3, -0.25) is 9.59 Å². The largest absolute Gasteiger partial charge is 0.497 e. The predicted octanol–water partition coefficient (Wildman–Crippen LogP) is 1.16. The molecule has 1 aliphatic heterocycles. The molecule has 0 spiro atoms. The third-order valence-electron chi connectivity index (χ3n) is 6.02. The Hall–Kier alpha value is -3.06. The number of hydrogen-bond acceptors (Lipinski definition) is 4. The van der Waals surface area contributed by atoms with Gasteiger partial charge in [0.1, 0.15) is 5.75 Å². The van der Waals surface area contributed by atoms with Crippen LogP contribution in [-0.2, 0) is 9.59 Å². The Balaban J connectivity index is 1.45. The summed E-state index contributed by atoms with van der Waals surface area (Å²) in [5.74, 6) is 0.543. The molecule has 2 aromatic carbocycles. The molecule has 1 fully saturated rings. The van der Waals surface area contributed by atoms with Gasteiger partial charge in [-0.25, -0.2) is 0 Å². The number of aryl methyl sites for hydroxylation is 2. The Morgan fingerprint density at radius 1 is 1.06 bits per heavy atom. The maximum atomic E-state index is 12.6. The Morgan fingerprint density at radius 2 is 1.68 bits per heavy atom. The smallest absolute Gasteiger partial charge is 0.278 e. The number of benzene rings is 2. The van der Waals surface area contributed by atoms with Crippen molar-refractivity contribution in [1.29, 1.82) is 0 Å². The summed E-state index contributed by atoms with van der Waals surface area (Å²) in [5.41, 5.74) is 4.00. The maximum absolute atomic E-state index is 12.6. The molecule has 0 unspecified atom stereocenters. The molecule has 0 aromatic heterocycles. The van der Waals surface area contributed by atoms with Crippen molar-refractivity contribution in [2.45, 2.75) is 26.8 Å². The number of carbonyl (C=O) groups is 2. The van der Waals surface area contributed by atoms with Crippen molar-refractivity contribution in [3.63, 3.8) is 0 Å². The van der Waals surface area contributed by atoms with Crippen LogP contribution in [0.2, 0.25) is 0 Å². The highest BCUT2D eigenvalue weighted by molar-refractivity contribution is 5.96. The molecule has 166 valence electrons. The minimum atomic E-state index is -0.211. The number of anilines is 2. The van der Waals surface area contributed by atoms with E-state index in [0.717, 1.165) is 48.7 Å². The van der Waals surface area contributed by atoms with Crippen molar-refractivity contribution >= 4 is 23.2 Å². The number of piperazine rings is 1. The predicted molar refractivity (Wildman–Crippen MR) is 123 cm³/mol. The van der Waals surface area contributed by atoms with Crippen molar-refractivity contribution in [3.8, 4) is 5.75 Å². The van der Waals surface area contributed by atoms with Crippen LogP contribution in [0.25, 0.3) is 0 Å². The van der Waals surface area contributed by atoms with E-state index in [2.05, 4.69) is 27.7 Å². The average molecular weight is 426 g/mol. The molecule has 1 atom stereocenters. The fourth-order valence-electron chi connectivity index (χ4n) is 3.98. The third kappa shape index (κ3) is 5.76. The van der Waals surface area contributed by atoms with E-state index in [-0.39, 0.29) is 24.4 Å². The summed E-state index contributed by atoms with van der Waals surface area (Å²) >= 11 is 0. The molecule has 1 saturated heterocycles. The molecule has 2 amide bonds. The second-order valence-electron chi connectivity index (χ2n) is 8.10. The van der Waals surface area contributed by atoms with Gasteiger partial charge >= 0.3 is 0 Å². The second-order valence-corrected chi connectivity index (χ2v) is 8.10. The molecule has 1 heterocycles. The minimum Gasteiger partial charge on any atom is -0.497 e. The SMILES string of the molecule is COc1ccc(N2CC[NH+]([C@H](C)C(=O)NCC(=O)Nc3c(C)cccc3C)CC2)cc1. The monoisotopic (exact) mass is 425 g/mol. The number of rotatable bonds is 7. The van der Waals surface area contributed by atoms with Gasteiger partial charge in [0.05, 0.1) is 39.8 Å². The molecule has 31 heavy (non-hydrogen) atoms. The molecule has 1 aliphatic rings. The van der Waals surface area contributed by atoms with Gasteiger partial charge in [-0.2, -0.15) is 0 Å². The van der Waals surface area contributed by atoms with Crippen LogP contribution >= 0.6 is 0 Å². The zero-order valence-corrected chi connectivity index (χ0v) is 18.8. The second kappa shape index (κ2) is 10.3. The van der Waals surface area contributed by atoms with Crippen molar-refractivity contribution in [3.05, 3.63) is 53.6 Å². The Morgan fingerprint density at radius 3 is 2.26 bits per heavy atom. The molecule has 0 saturated carbocycles. The fourth-order valence-corrected chi connectivity index (χ4v) is 3.98. The van der Waals surface area contributed by atoms with E-state index < -0.39 is 0 Å². The van der Waals surface area contributed by atoms with Gasteiger partial charge in [0.2, 0.25) is 5.91 Å². The number of para-hydroxylation sites is 1. The van der Waals surface area contributed by atoms with Crippen molar-refractivity contribution in [1.82, 2.24) is 5.32 Å². The van der Waals surface area contributed by atoms with Gasteiger partial charge in [-0.05, 0) is 56.2 Å². The van der Waals surface area contributed by atoms with E-state index in [4.69, 9.17) is 4.74 Å². The third-order valence-corrected chi connectivity index (χ3v) is 6.02. The Kier molecular flexibility index (Phi) is 7.52. The van der Waals surface area contributed by atoms with Crippen molar-refractivity contribution in [2.24, 2.45) is 0 Å². The average Bonchev–Trinajstić information content (AvgIpc) is 2.79. The number of ether oxygens (including phenoxy) is 1. The van der Waals surface area contributed by atoms with Crippen molar-refractivity contribution in [2.75, 3.05) is 50.1 Å². The molecular formula is C24H33N4O3+. The lowest BCUT2D eigenvalue weighted by Gasteiger charge is -2.36. The molecule has 7 heteroatoms. The van der Waals surface area contributed by atoms with Crippen LogP contribution in [0, 0.1) is 13.8 Å². The van der Waals surface area contributed by atoms with Gasteiger partial charge < -0.3 is 25.2 Å². The molecule has 3 rings (SSSR count). The normalized spacial score (nSPS) is 15.3. The molecule has 0 bridgehead atoms. The van der Waals surface area contributed by atoms with Crippen LogP contribution in [0.15, 0.2) is 42.5 Å². The van der Waals surface area contributed by atoms with E-state index in [0.29, 0.717) is 0 Å². The highest BCUT2D eigenvalue weighted by atomic mass is 16.5. The van der Waals surface area contributed by atoms with Gasteiger partial charge in [0, 0.05) is 11.4 Å². The summed E-state index contributed by atoms with van der Waals surface area (Å²) in [6.07, 6.45) is 0. The van der Waals surface area contributed by atoms with Gasteiger partial charge in [-0.1, -0.05) is 18.2 Å². The summed E-state index contributed by atoms with van der Waals surface area (Å²) in [4.78, 5) is 28.5. The summed E-state index contributed by atoms with van der Waals surface area (Å²) < 4.78 is 5.22. The first kappa shape index (κ1) is 22.6. The number of hydrogen-bond donors (Lipinski definition) is 3. The van der Waals surface area contributed by atoms with Crippen molar-refractivity contribution < 1.29 is 19.2 Å². The minimum absolute atomic E-state index is 0.0256. The highest BCUT2D eigenvalue weighted by Gasteiger charge is 2.29. The zero-order chi connectivity index (χ0) is 22.4. The van der Waals surface area contributed by atoms with E-state index in [1.165, 1.54) is 10.6 Å². The molecule has 0 radical (unpaired) electrons. The van der Waals surface area contributed by atoms with E-state index in [9.17, 15) is 9.59 Å². The summed E-state index contributed by atoms with van der Waals surface area (Å²) in [6.45, 7) is 9.32. The lowest BCUT2D eigenvalue weighted by atomic mass is 10.1.